The van der Waals surface area contributed by atoms with Crippen LogP contribution in [0, 0.1) is 11.7 Å². The quantitative estimate of drug-likeness (QED) is 0.220. The van der Waals surface area contributed by atoms with E-state index in [1.54, 1.807) is 41.8 Å². The van der Waals surface area contributed by atoms with E-state index in [2.05, 4.69) is 10.4 Å². The number of aliphatic hydroxyl groups is 1. The SMILES string of the molecule is CCOc1c(CC(N)=O)cc([C@@](O)(CNC(=O)c2cc(OC)n3nc(C4CC4)cc3c2)C2CCC2)nc1-c1ccc(F)cc1. The summed E-state index contributed by atoms with van der Waals surface area (Å²) in [5, 5.41) is 19.9. The molecule has 1 atom stereocenters. The highest BCUT2D eigenvalue weighted by atomic mass is 19.1. The van der Waals surface area contributed by atoms with Crippen LogP contribution in [0.2, 0.25) is 0 Å². The van der Waals surface area contributed by atoms with E-state index < -0.39 is 17.3 Å². The summed E-state index contributed by atoms with van der Waals surface area (Å²) < 4.78 is 27.0. The van der Waals surface area contributed by atoms with Crippen LogP contribution in [0.4, 0.5) is 4.39 Å². The van der Waals surface area contributed by atoms with Gasteiger partial charge in [0.05, 0.1) is 43.6 Å². The van der Waals surface area contributed by atoms with Crippen molar-refractivity contribution in [1.29, 1.82) is 0 Å². The molecule has 4 aromatic rings. The van der Waals surface area contributed by atoms with Gasteiger partial charge < -0.3 is 25.6 Å². The number of carbonyl (C=O) groups is 2. The molecule has 0 saturated heterocycles. The van der Waals surface area contributed by atoms with Crippen LogP contribution >= 0.6 is 0 Å². The van der Waals surface area contributed by atoms with Crippen LogP contribution in [-0.2, 0) is 16.8 Å². The second-order valence-corrected chi connectivity index (χ2v) is 11.6. The predicted octanol–water partition coefficient (Wildman–Crippen LogP) is 4.27. The molecule has 3 aromatic heterocycles. The van der Waals surface area contributed by atoms with Crippen molar-refractivity contribution in [2.75, 3.05) is 20.3 Å². The number of nitrogens with one attached hydrogen (secondary N) is 1. The van der Waals surface area contributed by atoms with Crippen molar-refractivity contribution in [3.05, 3.63) is 76.9 Å². The molecule has 2 aliphatic rings. The summed E-state index contributed by atoms with van der Waals surface area (Å²) in [6.45, 7) is 1.97. The summed E-state index contributed by atoms with van der Waals surface area (Å²) in [4.78, 5) is 30.5. The first-order valence-corrected chi connectivity index (χ1v) is 15.0. The summed E-state index contributed by atoms with van der Waals surface area (Å²) in [7, 11) is 1.53. The highest BCUT2D eigenvalue weighted by Gasteiger charge is 2.44. The van der Waals surface area contributed by atoms with Gasteiger partial charge in [-0.15, -0.1) is 0 Å². The maximum Gasteiger partial charge on any atom is 0.251 e. The van der Waals surface area contributed by atoms with E-state index >= 15 is 0 Å². The Bertz CT molecular complexity index is 1710. The van der Waals surface area contributed by atoms with Gasteiger partial charge in [-0.2, -0.15) is 5.10 Å². The van der Waals surface area contributed by atoms with Crippen LogP contribution in [0.5, 0.6) is 11.6 Å². The van der Waals surface area contributed by atoms with Gasteiger partial charge in [0.1, 0.15) is 22.9 Å². The lowest BCUT2D eigenvalue weighted by atomic mass is 9.70. The molecule has 0 bridgehead atoms. The number of fused-ring (bicyclic) bond motifs is 1. The number of ether oxygens (including phenoxy) is 2. The minimum atomic E-state index is -1.57. The van der Waals surface area contributed by atoms with Gasteiger partial charge in [-0.25, -0.2) is 13.9 Å². The number of methoxy groups -OCH3 is 1. The van der Waals surface area contributed by atoms with E-state index in [0.29, 0.717) is 39.9 Å². The Morgan fingerprint density at radius 1 is 1.14 bits per heavy atom. The lowest BCUT2D eigenvalue weighted by molar-refractivity contribution is -0.117. The third-order valence-electron chi connectivity index (χ3n) is 8.58. The Balaban J connectivity index is 1.37. The number of nitrogens with two attached hydrogens (primary N) is 1. The van der Waals surface area contributed by atoms with Crippen LogP contribution in [0.15, 0.2) is 48.5 Å². The molecule has 2 amide bonds. The Hall–Kier alpha value is -4.51. The zero-order chi connectivity index (χ0) is 31.0. The Morgan fingerprint density at radius 3 is 2.50 bits per heavy atom. The molecule has 3 heterocycles. The molecular formula is C33H36FN5O5. The normalized spacial score (nSPS) is 16.3. The molecule has 0 aliphatic heterocycles. The van der Waals surface area contributed by atoms with Crippen molar-refractivity contribution in [1.82, 2.24) is 19.9 Å². The summed E-state index contributed by atoms with van der Waals surface area (Å²) in [5.74, 6) is -0.361. The lowest BCUT2D eigenvalue weighted by Crippen LogP contribution is -2.49. The Kier molecular flexibility index (Phi) is 7.98. The van der Waals surface area contributed by atoms with Crippen molar-refractivity contribution >= 4 is 17.3 Å². The monoisotopic (exact) mass is 601 g/mol. The smallest absolute Gasteiger partial charge is 0.251 e. The highest BCUT2D eigenvalue weighted by Crippen LogP contribution is 2.44. The maximum atomic E-state index is 13.8. The maximum absolute atomic E-state index is 13.8. The first kappa shape index (κ1) is 29.6. The molecule has 6 rings (SSSR count). The van der Waals surface area contributed by atoms with E-state index in [-0.39, 0.29) is 37.1 Å². The molecular weight excluding hydrogens is 565 g/mol. The fourth-order valence-corrected chi connectivity index (χ4v) is 5.83. The van der Waals surface area contributed by atoms with Gasteiger partial charge in [0, 0.05) is 28.7 Å². The molecule has 1 aromatic carbocycles. The third kappa shape index (κ3) is 5.71. The number of hydrogen-bond acceptors (Lipinski definition) is 7. The van der Waals surface area contributed by atoms with Crippen molar-refractivity contribution in [2.24, 2.45) is 11.7 Å². The Labute approximate surface area is 254 Å². The van der Waals surface area contributed by atoms with E-state index in [0.717, 1.165) is 43.3 Å². The second-order valence-electron chi connectivity index (χ2n) is 11.6. The minimum Gasteiger partial charge on any atom is -0.491 e. The number of aromatic nitrogens is 3. The number of pyridine rings is 2. The number of nitrogens with zero attached hydrogens (tertiary/aromatic N) is 3. The van der Waals surface area contributed by atoms with Crippen LogP contribution in [0.3, 0.4) is 0 Å². The number of hydrogen-bond donors (Lipinski definition) is 3. The number of benzene rings is 1. The average molecular weight is 602 g/mol. The van der Waals surface area contributed by atoms with Gasteiger partial charge in [-0.05, 0) is 81.0 Å². The van der Waals surface area contributed by atoms with Gasteiger partial charge in [0.15, 0.2) is 0 Å². The van der Waals surface area contributed by atoms with Crippen LogP contribution < -0.4 is 20.5 Å². The molecule has 11 heteroatoms. The topological polar surface area (TPSA) is 141 Å². The zero-order valence-electron chi connectivity index (χ0n) is 24.8. The lowest BCUT2D eigenvalue weighted by Gasteiger charge is -2.41. The highest BCUT2D eigenvalue weighted by molar-refractivity contribution is 5.95. The fraction of sp³-hybridized carbons (Fsp3) is 0.394. The minimum absolute atomic E-state index is 0.129. The first-order valence-electron chi connectivity index (χ1n) is 15.0. The molecule has 44 heavy (non-hydrogen) atoms. The molecule has 2 fully saturated rings. The largest absolute Gasteiger partial charge is 0.491 e. The second kappa shape index (κ2) is 11.9. The van der Waals surface area contributed by atoms with Crippen molar-refractivity contribution in [3.8, 4) is 22.9 Å². The predicted molar refractivity (Wildman–Crippen MR) is 161 cm³/mol. The molecule has 4 N–H and O–H groups in total. The van der Waals surface area contributed by atoms with Crippen molar-refractivity contribution in [2.45, 2.75) is 57.0 Å². The molecule has 10 nitrogen and oxygen atoms in total. The van der Waals surface area contributed by atoms with Gasteiger partial charge in [-0.3, -0.25) is 9.59 Å². The van der Waals surface area contributed by atoms with Gasteiger partial charge >= 0.3 is 0 Å². The van der Waals surface area contributed by atoms with Gasteiger partial charge in [0.2, 0.25) is 11.8 Å². The summed E-state index contributed by atoms with van der Waals surface area (Å²) >= 11 is 0. The number of rotatable bonds is 12. The van der Waals surface area contributed by atoms with Crippen LogP contribution in [-0.4, -0.2) is 51.8 Å². The summed E-state index contributed by atoms with van der Waals surface area (Å²) in [6, 6.07) is 12.7. The van der Waals surface area contributed by atoms with Crippen LogP contribution in [0.25, 0.3) is 16.8 Å². The Morgan fingerprint density at radius 2 is 1.89 bits per heavy atom. The average Bonchev–Trinajstić information content (AvgIpc) is 3.74. The zero-order valence-corrected chi connectivity index (χ0v) is 24.8. The molecule has 2 aliphatic carbocycles. The van der Waals surface area contributed by atoms with E-state index in [9.17, 15) is 19.1 Å². The standard InChI is InChI=1S/C33H36FN5O5/c1-3-44-31-21(15-28(35)40)14-27(37-30(31)20-9-11-24(34)12-10-20)33(42,23-5-4-6-23)18-36-32(41)22-13-25-17-26(19-7-8-19)38-39(25)29(16-22)43-2/h9-14,16-17,19,23,42H,3-8,15,18H2,1-2H3,(H2,35,40)(H,36,41)/t33-/m1/s1. The summed E-state index contributed by atoms with van der Waals surface area (Å²) in [5.41, 5.74) is 7.77. The summed E-state index contributed by atoms with van der Waals surface area (Å²) in [6.07, 6.45) is 4.44. The number of carbonyl (C=O) groups excluding carboxylic acids is 2. The van der Waals surface area contributed by atoms with Crippen molar-refractivity contribution < 1.29 is 28.6 Å². The number of primary amides is 1. The molecule has 230 valence electrons. The number of halogens is 1. The van der Waals surface area contributed by atoms with Gasteiger partial charge in [0.25, 0.3) is 5.91 Å². The van der Waals surface area contributed by atoms with E-state index in [1.807, 2.05) is 6.07 Å². The molecule has 0 radical (unpaired) electrons. The van der Waals surface area contributed by atoms with Gasteiger partial charge in [-0.1, -0.05) is 6.42 Å². The third-order valence-corrected chi connectivity index (χ3v) is 8.58. The van der Waals surface area contributed by atoms with E-state index in [4.69, 9.17) is 20.2 Å². The van der Waals surface area contributed by atoms with E-state index in [1.165, 1.54) is 19.2 Å². The molecule has 0 unspecified atom stereocenters. The fourth-order valence-electron chi connectivity index (χ4n) is 5.83. The molecule has 2 saturated carbocycles. The van der Waals surface area contributed by atoms with Crippen molar-refractivity contribution in [3.63, 3.8) is 0 Å². The molecule has 0 spiro atoms. The van der Waals surface area contributed by atoms with Crippen LogP contribution in [0.1, 0.15) is 72.3 Å². The number of amides is 2. The first-order chi connectivity index (χ1) is 21.2.